The van der Waals surface area contributed by atoms with Gasteiger partial charge in [0.1, 0.15) is 0 Å². The van der Waals surface area contributed by atoms with Crippen molar-refractivity contribution in [3.8, 4) is 0 Å². The molecule has 0 aromatic rings. The lowest BCUT2D eigenvalue weighted by Crippen LogP contribution is -2.47. The van der Waals surface area contributed by atoms with Crippen molar-refractivity contribution in [3.63, 3.8) is 0 Å². The minimum absolute atomic E-state index is 0.166. The molecule has 1 saturated carbocycles. The Morgan fingerprint density at radius 2 is 1.94 bits per heavy atom. The monoisotopic (exact) mass is 253 g/mol. The number of hydrogen-bond acceptors (Lipinski definition) is 2. The van der Waals surface area contributed by atoms with Crippen molar-refractivity contribution < 1.29 is 9.90 Å². The molecule has 1 saturated heterocycles. The first-order chi connectivity index (χ1) is 8.50. The molecule has 3 heteroatoms. The summed E-state index contributed by atoms with van der Waals surface area (Å²) in [5, 5.41) is 10.5. The predicted octanol–water partition coefficient (Wildman–Crippen LogP) is 2.72. The first-order valence-corrected chi connectivity index (χ1v) is 7.52. The Morgan fingerprint density at radius 1 is 1.28 bits per heavy atom. The largest absolute Gasteiger partial charge is 0.389 e. The Labute approximate surface area is 111 Å². The van der Waals surface area contributed by atoms with Gasteiger partial charge in [-0.25, -0.2) is 0 Å². The van der Waals surface area contributed by atoms with E-state index in [4.69, 9.17) is 0 Å². The summed E-state index contributed by atoms with van der Waals surface area (Å²) in [6.45, 7) is 5.27. The van der Waals surface area contributed by atoms with Crippen LogP contribution in [0.1, 0.15) is 65.2 Å². The van der Waals surface area contributed by atoms with Crippen LogP contribution in [0.3, 0.4) is 0 Å². The third-order valence-electron chi connectivity index (χ3n) is 4.72. The van der Waals surface area contributed by atoms with E-state index in [9.17, 15) is 9.90 Å². The van der Waals surface area contributed by atoms with Gasteiger partial charge >= 0.3 is 0 Å². The number of rotatable bonds is 2. The Morgan fingerprint density at radius 3 is 2.56 bits per heavy atom. The SMILES string of the molecule is CC1CCN(C(=O)CC2(O)CCCCC2)C(C)C1. The molecule has 2 unspecified atom stereocenters. The van der Waals surface area contributed by atoms with E-state index in [0.717, 1.165) is 51.0 Å². The molecule has 0 bridgehead atoms. The highest BCUT2D eigenvalue weighted by atomic mass is 16.3. The van der Waals surface area contributed by atoms with Crippen LogP contribution in [0.15, 0.2) is 0 Å². The Kier molecular flexibility index (Phi) is 4.31. The molecule has 0 aromatic heterocycles. The standard InChI is InChI=1S/C15H27NO2/c1-12-6-9-16(13(2)10-12)14(17)11-15(18)7-4-3-5-8-15/h12-13,18H,3-11H2,1-2H3. The molecular formula is C15H27NO2. The molecule has 1 amide bonds. The minimum atomic E-state index is -0.710. The number of amides is 1. The van der Waals surface area contributed by atoms with Gasteiger partial charge < -0.3 is 10.0 Å². The summed E-state index contributed by atoms with van der Waals surface area (Å²) in [6, 6.07) is 0.341. The summed E-state index contributed by atoms with van der Waals surface area (Å²) < 4.78 is 0. The van der Waals surface area contributed by atoms with Gasteiger partial charge in [-0.2, -0.15) is 0 Å². The molecule has 2 atom stereocenters. The third-order valence-corrected chi connectivity index (χ3v) is 4.72. The van der Waals surface area contributed by atoms with Crippen molar-refractivity contribution in [2.75, 3.05) is 6.54 Å². The Hall–Kier alpha value is -0.570. The Bertz CT molecular complexity index is 297. The van der Waals surface area contributed by atoms with Gasteiger partial charge in [-0.05, 0) is 38.5 Å². The average molecular weight is 253 g/mol. The smallest absolute Gasteiger partial charge is 0.225 e. The maximum absolute atomic E-state index is 12.4. The van der Waals surface area contributed by atoms with Crippen molar-refractivity contribution in [2.24, 2.45) is 5.92 Å². The quantitative estimate of drug-likeness (QED) is 0.822. The van der Waals surface area contributed by atoms with E-state index in [1.807, 2.05) is 4.90 Å². The maximum atomic E-state index is 12.4. The van der Waals surface area contributed by atoms with E-state index >= 15 is 0 Å². The van der Waals surface area contributed by atoms with Crippen molar-refractivity contribution in [1.29, 1.82) is 0 Å². The summed E-state index contributed by atoms with van der Waals surface area (Å²) in [5.74, 6) is 0.889. The number of likely N-dealkylation sites (tertiary alicyclic amines) is 1. The van der Waals surface area contributed by atoms with E-state index in [0.29, 0.717) is 12.5 Å². The normalized spacial score (nSPS) is 32.3. The average Bonchev–Trinajstić information content (AvgIpc) is 2.28. The van der Waals surface area contributed by atoms with Crippen LogP contribution < -0.4 is 0 Å². The second-order valence-corrected chi connectivity index (χ2v) is 6.53. The molecule has 2 rings (SSSR count). The van der Waals surface area contributed by atoms with Gasteiger partial charge in [0.25, 0.3) is 0 Å². The number of hydrogen-bond donors (Lipinski definition) is 1. The van der Waals surface area contributed by atoms with E-state index in [-0.39, 0.29) is 5.91 Å². The highest BCUT2D eigenvalue weighted by Gasteiger charge is 2.35. The highest BCUT2D eigenvalue weighted by Crippen LogP contribution is 2.32. The van der Waals surface area contributed by atoms with Gasteiger partial charge in [-0.15, -0.1) is 0 Å². The molecule has 1 heterocycles. The molecule has 0 radical (unpaired) electrons. The van der Waals surface area contributed by atoms with Crippen LogP contribution in [0, 0.1) is 5.92 Å². The fourth-order valence-electron chi connectivity index (χ4n) is 3.55. The Balaban J connectivity index is 1.90. The van der Waals surface area contributed by atoms with Gasteiger partial charge in [0.2, 0.25) is 5.91 Å². The van der Waals surface area contributed by atoms with Crippen molar-refractivity contribution >= 4 is 5.91 Å². The van der Waals surface area contributed by atoms with Crippen LogP contribution in [-0.4, -0.2) is 34.1 Å². The number of carbonyl (C=O) groups is 1. The molecule has 104 valence electrons. The maximum Gasteiger partial charge on any atom is 0.225 e. The van der Waals surface area contributed by atoms with Gasteiger partial charge in [0.15, 0.2) is 0 Å². The van der Waals surface area contributed by atoms with E-state index < -0.39 is 5.60 Å². The predicted molar refractivity (Wildman–Crippen MR) is 72.2 cm³/mol. The topological polar surface area (TPSA) is 40.5 Å². The summed E-state index contributed by atoms with van der Waals surface area (Å²) in [5.41, 5.74) is -0.710. The molecule has 18 heavy (non-hydrogen) atoms. The molecule has 1 aliphatic heterocycles. The van der Waals surface area contributed by atoms with E-state index in [2.05, 4.69) is 13.8 Å². The fraction of sp³-hybridized carbons (Fsp3) is 0.933. The number of carbonyl (C=O) groups excluding carboxylic acids is 1. The highest BCUT2D eigenvalue weighted by molar-refractivity contribution is 5.77. The van der Waals surface area contributed by atoms with Crippen LogP contribution in [0.5, 0.6) is 0 Å². The first-order valence-electron chi connectivity index (χ1n) is 7.52. The molecule has 2 fully saturated rings. The molecule has 2 aliphatic rings. The van der Waals surface area contributed by atoms with Crippen LogP contribution >= 0.6 is 0 Å². The van der Waals surface area contributed by atoms with E-state index in [1.165, 1.54) is 6.42 Å². The lowest BCUT2D eigenvalue weighted by Gasteiger charge is -2.39. The van der Waals surface area contributed by atoms with Gasteiger partial charge in [0, 0.05) is 12.6 Å². The first kappa shape index (κ1) is 13.9. The van der Waals surface area contributed by atoms with Gasteiger partial charge in [-0.3, -0.25) is 4.79 Å². The van der Waals surface area contributed by atoms with Crippen molar-refractivity contribution in [2.45, 2.75) is 76.9 Å². The fourth-order valence-corrected chi connectivity index (χ4v) is 3.55. The zero-order valence-electron chi connectivity index (χ0n) is 11.8. The van der Waals surface area contributed by atoms with Crippen LogP contribution in [0.25, 0.3) is 0 Å². The number of nitrogens with zero attached hydrogens (tertiary/aromatic N) is 1. The lowest BCUT2D eigenvalue weighted by molar-refractivity contribution is -0.141. The number of piperidine rings is 1. The van der Waals surface area contributed by atoms with Crippen LogP contribution in [-0.2, 0) is 4.79 Å². The summed E-state index contributed by atoms with van der Waals surface area (Å²) >= 11 is 0. The molecular weight excluding hydrogens is 226 g/mol. The van der Waals surface area contributed by atoms with Gasteiger partial charge in [0.05, 0.1) is 12.0 Å². The van der Waals surface area contributed by atoms with Crippen LogP contribution in [0.4, 0.5) is 0 Å². The molecule has 1 N–H and O–H groups in total. The minimum Gasteiger partial charge on any atom is -0.389 e. The summed E-state index contributed by atoms with van der Waals surface area (Å²) in [7, 11) is 0. The molecule has 1 aliphatic carbocycles. The van der Waals surface area contributed by atoms with Gasteiger partial charge in [-0.1, -0.05) is 26.2 Å². The number of aliphatic hydroxyl groups is 1. The second-order valence-electron chi connectivity index (χ2n) is 6.53. The molecule has 0 spiro atoms. The third kappa shape index (κ3) is 3.25. The second kappa shape index (κ2) is 5.60. The van der Waals surface area contributed by atoms with Crippen LogP contribution in [0.2, 0.25) is 0 Å². The lowest BCUT2D eigenvalue weighted by atomic mass is 9.81. The molecule has 3 nitrogen and oxygen atoms in total. The van der Waals surface area contributed by atoms with E-state index in [1.54, 1.807) is 0 Å². The summed E-state index contributed by atoms with van der Waals surface area (Å²) in [4.78, 5) is 14.3. The molecule has 0 aromatic carbocycles. The zero-order chi connectivity index (χ0) is 13.2. The summed E-state index contributed by atoms with van der Waals surface area (Å²) in [6.07, 6.45) is 7.49. The zero-order valence-corrected chi connectivity index (χ0v) is 11.8. The van der Waals surface area contributed by atoms with Crippen molar-refractivity contribution in [3.05, 3.63) is 0 Å². The van der Waals surface area contributed by atoms with Crippen molar-refractivity contribution in [1.82, 2.24) is 4.90 Å².